The molecule has 5 nitrogen and oxygen atoms in total. The van der Waals surface area contributed by atoms with Crippen LogP contribution in [-0.4, -0.2) is 69.2 Å². The lowest BCUT2D eigenvalue weighted by Crippen LogP contribution is -2.53. The lowest BCUT2D eigenvalue weighted by atomic mass is 10.0. The fourth-order valence-electron chi connectivity index (χ4n) is 3.71. The highest BCUT2D eigenvalue weighted by atomic mass is 16.5. The molecule has 26 heavy (non-hydrogen) atoms. The van der Waals surface area contributed by atoms with Crippen molar-refractivity contribution in [3.63, 3.8) is 0 Å². The van der Waals surface area contributed by atoms with Crippen LogP contribution < -0.4 is 5.32 Å². The number of hydrogen-bond acceptors (Lipinski definition) is 3. The van der Waals surface area contributed by atoms with Gasteiger partial charge in [0.05, 0.1) is 0 Å². The molecule has 1 unspecified atom stereocenters. The molecule has 0 spiro atoms. The average Bonchev–Trinajstić information content (AvgIpc) is 2.70. The summed E-state index contributed by atoms with van der Waals surface area (Å²) in [5.74, 6) is 1.05. The van der Waals surface area contributed by atoms with Crippen LogP contribution in [-0.2, 0) is 4.74 Å². The van der Waals surface area contributed by atoms with Crippen molar-refractivity contribution < 1.29 is 4.74 Å². The molecule has 1 N–H and O–H groups in total. The van der Waals surface area contributed by atoms with Crippen LogP contribution in [0.15, 0.2) is 35.3 Å². The number of nitrogens with one attached hydrogen (secondary N) is 1. The maximum atomic E-state index is 5.10. The van der Waals surface area contributed by atoms with E-state index in [0.717, 1.165) is 64.6 Å². The highest BCUT2D eigenvalue weighted by molar-refractivity contribution is 5.79. The van der Waals surface area contributed by atoms with Crippen LogP contribution in [0, 0.1) is 0 Å². The molecular formula is C21H36N4O. The van der Waals surface area contributed by atoms with Crippen molar-refractivity contribution in [2.24, 2.45) is 4.99 Å². The summed E-state index contributed by atoms with van der Waals surface area (Å²) in [6.07, 6.45) is 4.64. The molecule has 0 bridgehead atoms. The summed E-state index contributed by atoms with van der Waals surface area (Å²) in [7, 11) is 3.65. The van der Waals surface area contributed by atoms with Crippen molar-refractivity contribution in [2.45, 2.75) is 38.6 Å². The first-order valence-electron chi connectivity index (χ1n) is 10.0. The van der Waals surface area contributed by atoms with Gasteiger partial charge in [-0.3, -0.25) is 9.89 Å². The van der Waals surface area contributed by atoms with Crippen molar-refractivity contribution in [3.8, 4) is 0 Å². The van der Waals surface area contributed by atoms with E-state index in [1.165, 1.54) is 12.0 Å². The van der Waals surface area contributed by atoms with Gasteiger partial charge < -0.3 is 15.0 Å². The molecule has 0 aliphatic carbocycles. The first kappa shape index (κ1) is 20.7. The van der Waals surface area contributed by atoms with E-state index in [4.69, 9.17) is 4.74 Å². The maximum Gasteiger partial charge on any atom is 0.193 e. The number of benzene rings is 1. The van der Waals surface area contributed by atoms with Crippen molar-refractivity contribution in [1.29, 1.82) is 0 Å². The van der Waals surface area contributed by atoms with Gasteiger partial charge in [0.1, 0.15) is 0 Å². The van der Waals surface area contributed by atoms with Gasteiger partial charge in [-0.25, -0.2) is 0 Å². The van der Waals surface area contributed by atoms with Crippen LogP contribution in [0.2, 0.25) is 0 Å². The summed E-state index contributed by atoms with van der Waals surface area (Å²) >= 11 is 0. The van der Waals surface area contributed by atoms with Crippen molar-refractivity contribution in [1.82, 2.24) is 15.1 Å². The Morgan fingerprint density at radius 1 is 1.12 bits per heavy atom. The predicted octanol–water partition coefficient (Wildman–Crippen LogP) is 3.15. The van der Waals surface area contributed by atoms with Crippen LogP contribution in [0.4, 0.5) is 0 Å². The minimum atomic E-state index is 0.522. The third-order valence-corrected chi connectivity index (χ3v) is 5.15. The zero-order valence-corrected chi connectivity index (χ0v) is 16.8. The Morgan fingerprint density at radius 3 is 2.46 bits per heavy atom. The van der Waals surface area contributed by atoms with Gasteiger partial charge in [-0.1, -0.05) is 37.3 Å². The quantitative estimate of drug-likeness (QED) is 0.417. The highest BCUT2D eigenvalue weighted by Gasteiger charge is 2.25. The Labute approximate surface area is 159 Å². The van der Waals surface area contributed by atoms with E-state index < -0.39 is 0 Å². The minimum absolute atomic E-state index is 0.522. The molecule has 0 radical (unpaired) electrons. The second kappa shape index (κ2) is 11.9. The van der Waals surface area contributed by atoms with Gasteiger partial charge in [-0.15, -0.1) is 0 Å². The zero-order chi connectivity index (χ0) is 18.6. The SMILES string of the molecule is CCC(c1ccccc1)N1CCN(C(=NC)NCCCCCOC)CC1. The number of hydrogen-bond donors (Lipinski definition) is 1. The minimum Gasteiger partial charge on any atom is -0.385 e. The van der Waals surface area contributed by atoms with Gasteiger partial charge >= 0.3 is 0 Å². The van der Waals surface area contributed by atoms with Gasteiger partial charge in [0, 0.05) is 59.5 Å². The number of nitrogens with zero attached hydrogens (tertiary/aromatic N) is 3. The summed E-state index contributed by atoms with van der Waals surface area (Å²) in [6.45, 7) is 8.37. The Bertz CT molecular complexity index is 512. The molecule has 1 fully saturated rings. The molecule has 0 saturated carbocycles. The molecule has 5 heteroatoms. The van der Waals surface area contributed by atoms with Crippen molar-refractivity contribution in [3.05, 3.63) is 35.9 Å². The smallest absolute Gasteiger partial charge is 0.193 e. The molecule has 1 saturated heterocycles. The zero-order valence-electron chi connectivity index (χ0n) is 16.8. The molecule has 2 rings (SSSR count). The van der Waals surface area contributed by atoms with Gasteiger partial charge in [-0.05, 0) is 31.2 Å². The highest BCUT2D eigenvalue weighted by Crippen LogP contribution is 2.25. The summed E-state index contributed by atoms with van der Waals surface area (Å²) in [6, 6.07) is 11.4. The Hall–Kier alpha value is -1.59. The average molecular weight is 361 g/mol. The largest absolute Gasteiger partial charge is 0.385 e. The van der Waals surface area contributed by atoms with Crippen LogP contribution in [0.3, 0.4) is 0 Å². The number of ether oxygens (including phenoxy) is 1. The number of guanidine groups is 1. The van der Waals surface area contributed by atoms with Crippen molar-refractivity contribution >= 4 is 5.96 Å². The predicted molar refractivity (Wildman–Crippen MR) is 110 cm³/mol. The topological polar surface area (TPSA) is 40.1 Å². The van der Waals surface area contributed by atoms with Gasteiger partial charge in [0.15, 0.2) is 5.96 Å². The fraction of sp³-hybridized carbons (Fsp3) is 0.667. The van der Waals surface area contributed by atoms with E-state index in [1.807, 2.05) is 7.05 Å². The lowest BCUT2D eigenvalue weighted by molar-refractivity contribution is 0.127. The second-order valence-electron chi connectivity index (χ2n) is 6.89. The number of aliphatic imine (C=N–C) groups is 1. The molecular weight excluding hydrogens is 324 g/mol. The molecule has 1 heterocycles. The molecule has 1 aliphatic heterocycles. The number of methoxy groups -OCH3 is 1. The number of unbranched alkanes of at least 4 members (excludes halogenated alkanes) is 2. The molecule has 0 aromatic heterocycles. The van der Waals surface area contributed by atoms with E-state index in [1.54, 1.807) is 7.11 Å². The summed E-state index contributed by atoms with van der Waals surface area (Å²) < 4.78 is 5.10. The van der Waals surface area contributed by atoms with E-state index >= 15 is 0 Å². The van der Waals surface area contributed by atoms with Crippen LogP contribution in [0.25, 0.3) is 0 Å². The molecule has 1 aliphatic rings. The van der Waals surface area contributed by atoms with E-state index in [2.05, 4.69) is 57.4 Å². The fourth-order valence-corrected chi connectivity index (χ4v) is 3.71. The Morgan fingerprint density at radius 2 is 1.85 bits per heavy atom. The van der Waals surface area contributed by atoms with E-state index in [9.17, 15) is 0 Å². The first-order chi connectivity index (χ1) is 12.8. The molecule has 1 aromatic carbocycles. The molecule has 1 aromatic rings. The van der Waals surface area contributed by atoms with Crippen LogP contribution >= 0.6 is 0 Å². The summed E-state index contributed by atoms with van der Waals surface area (Å²) in [5.41, 5.74) is 1.43. The third kappa shape index (κ3) is 6.29. The summed E-state index contributed by atoms with van der Waals surface area (Å²) in [4.78, 5) is 9.49. The number of rotatable bonds is 9. The van der Waals surface area contributed by atoms with Crippen LogP contribution in [0.1, 0.15) is 44.2 Å². The maximum absolute atomic E-state index is 5.10. The standard InChI is InChI=1S/C21H36N4O/c1-4-20(19-11-7-5-8-12-19)24-14-16-25(17-15-24)21(22-2)23-13-9-6-10-18-26-3/h5,7-8,11-12,20H,4,6,9-10,13-18H2,1-3H3,(H,22,23). The normalized spacial score (nSPS) is 17.3. The van der Waals surface area contributed by atoms with Crippen molar-refractivity contribution in [2.75, 3.05) is 53.5 Å². The molecule has 1 atom stereocenters. The first-order valence-corrected chi connectivity index (χ1v) is 10.0. The summed E-state index contributed by atoms with van der Waals surface area (Å²) in [5, 5.41) is 3.52. The molecule has 0 amide bonds. The van der Waals surface area contributed by atoms with Gasteiger partial charge in [0.25, 0.3) is 0 Å². The Kier molecular flexibility index (Phi) is 9.50. The lowest BCUT2D eigenvalue weighted by Gasteiger charge is -2.40. The number of piperazine rings is 1. The second-order valence-corrected chi connectivity index (χ2v) is 6.89. The third-order valence-electron chi connectivity index (χ3n) is 5.15. The van der Waals surface area contributed by atoms with Crippen LogP contribution in [0.5, 0.6) is 0 Å². The van der Waals surface area contributed by atoms with Gasteiger partial charge in [0.2, 0.25) is 0 Å². The monoisotopic (exact) mass is 360 g/mol. The molecule has 146 valence electrons. The Balaban J connectivity index is 1.77. The van der Waals surface area contributed by atoms with E-state index in [-0.39, 0.29) is 0 Å². The van der Waals surface area contributed by atoms with E-state index in [0.29, 0.717) is 6.04 Å². The van der Waals surface area contributed by atoms with Gasteiger partial charge in [-0.2, -0.15) is 0 Å².